The van der Waals surface area contributed by atoms with Gasteiger partial charge < -0.3 is 0 Å². The zero-order chi connectivity index (χ0) is 11.9. The fourth-order valence-corrected chi connectivity index (χ4v) is 2.55. The Morgan fingerprint density at radius 3 is 2.75 bits per heavy atom. The molecule has 9 heteroatoms. The lowest BCUT2D eigenvalue weighted by Crippen LogP contribution is -2.34. The zero-order valence-corrected chi connectivity index (χ0v) is 9.30. The van der Waals surface area contributed by atoms with Gasteiger partial charge in [0.15, 0.2) is 0 Å². The summed E-state index contributed by atoms with van der Waals surface area (Å²) < 4.78 is 26.7. The van der Waals surface area contributed by atoms with Crippen molar-refractivity contribution in [1.29, 1.82) is 0 Å². The highest BCUT2D eigenvalue weighted by Crippen LogP contribution is 2.34. The van der Waals surface area contributed by atoms with Gasteiger partial charge in [0.05, 0.1) is 4.92 Å². The molecule has 1 aliphatic rings. The van der Waals surface area contributed by atoms with Crippen LogP contribution < -0.4 is 9.44 Å². The van der Waals surface area contributed by atoms with Crippen molar-refractivity contribution in [3.8, 4) is 0 Å². The van der Waals surface area contributed by atoms with Gasteiger partial charge in [0, 0.05) is 17.6 Å². The molecule has 0 saturated carbocycles. The SMILES string of the molecule is O=[N+]([O-])c1cc(Cl)cc2c1NS(=O)(=O)NC2. The van der Waals surface area contributed by atoms with Gasteiger partial charge in [-0.05, 0) is 11.6 Å². The number of nitrogens with one attached hydrogen (secondary N) is 2. The number of hydrogen-bond donors (Lipinski definition) is 2. The van der Waals surface area contributed by atoms with Crippen LogP contribution >= 0.6 is 11.6 Å². The van der Waals surface area contributed by atoms with Gasteiger partial charge in [0.1, 0.15) is 5.69 Å². The number of benzene rings is 1. The Hall–Kier alpha value is -1.38. The first-order chi connectivity index (χ1) is 7.39. The molecule has 0 aromatic heterocycles. The Balaban J connectivity index is 2.65. The van der Waals surface area contributed by atoms with Crippen LogP contribution in [0.5, 0.6) is 0 Å². The van der Waals surface area contributed by atoms with E-state index in [-0.39, 0.29) is 22.9 Å². The van der Waals surface area contributed by atoms with Crippen molar-refractivity contribution in [2.45, 2.75) is 6.54 Å². The molecule has 0 bridgehead atoms. The van der Waals surface area contributed by atoms with E-state index in [9.17, 15) is 18.5 Å². The normalized spacial score (nSPS) is 17.3. The van der Waals surface area contributed by atoms with Crippen LogP contribution in [0.4, 0.5) is 11.4 Å². The molecule has 2 rings (SSSR count). The Kier molecular flexibility index (Phi) is 2.49. The van der Waals surface area contributed by atoms with Crippen molar-refractivity contribution >= 4 is 33.2 Å². The number of fused-ring (bicyclic) bond motifs is 1. The van der Waals surface area contributed by atoms with Gasteiger partial charge in [0.25, 0.3) is 15.9 Å². The summed E-state index contributed by atoms with van der Waals surface area (Å²) in [6, 6.07) is 2.58. The van der Waals surface area contributed by atoms with Gasteiger partial charge in [-0.1, -0.05) is 11.6 Å². The summed E-state index contributed by atoms with van der Waals surface area (Å²) in [5, 5.41) is 10.9. The molecule has 0 saturated heterocycles. The van der Waals surface area contributed by atoms with Gasteiger partial charge in [-0.3, -0.25) is 14.8 Å². The number of hydrogen-bond acceptors (Lipinski definition) is 4. The van der Waals surface area contributed by atoms with Crippen LogP contribution in [-0.4, -0.2) is 13.3 Å². The van der Waals surface area contributed by atoms with Gasteiger partial charge in [-0.2, -0.15) is 13.1 Å². The molecule has 86 valence electrons. The molecular formula is C7H6ClN3O4S. The average molecular weight is 264 g/mol. The molecule has 0 fully saturated rings. The molecule has 0 amide bonds. The number of nitro benzene ring substituents is 1. The van der Waals surface area contributed by atoms with E-state index in [4.69, 9.17) is 11.6 Å². The van der Waals surface area contributed by atoms with E-state index in [1.165, 1.54) is 6.07 Å². The Morgan fingerprint density at radius 1 is 1.44 bits per heavy atom. The van der Waals surface area contributed by atoms with Crippen LogP contribution in [-0.2, 0) is 16.8 Å². The Morgan fingerprint density at radius 2 is 2.12 bits per heavy atom. The molecule has 0 atom stereocenters. The quantitative estimate of drug-likeness (QED) is 0.583. The van der Waals surface area contributed by atoms with Gasteiger partial charge in [-0.25, -0.2) is 0 Å². The second-order valence-corrected chi connectivity index (χ2v) is 5.08. The van der Waals surface area contributed by atoms with Crippen LogP contribution in [0.25, 0.3) is 0 Å². The van der Waals surface area contributed by atoms with Crippen LogP contribution in [0.2, 0.25) is 5.02 Å². The highest BCUT2D eigenvalue weighted by atomic mass is 35.5. The highest BCUT2D eigenvalue weighted by Gasteiger charge is 2.27. The Bertz CT molecular complexity index is 571. The third kappa shape index (κ3) is 1.94. The first-order valence-corrected chi connectivity index (χ1v) is 5.99. The van der Waals surface area contributed by atoms with Gasteiger partial charge >= 0.3 is 0 Å². The topological polar surface area (TPSA) is 101 Å². The van der Waals surface area contributed by atoms with Crippen LogP contribution in [0.3, 0.4) is 0 Å². The van der Waals surface area contributed by atoms with Crippen molar-refractivity contribution < 1.29 is 13.3 Å². The Labute approximate surface area is 95.7 Å². The van der Waals surface area contributed by atoms with E-state index in [1.54, 1.807) is 0 Å². The molecule has 0 radical (unpaired) electrons. The van der Waals surface area contributed by atoms with Gasteiger partial charge in [-0.15, -0.1) is 0 Å². The van der Waals surface area contributed by atoms with Crippen molar-refractivity contribution in [2.24, 2.45) is 0 Å². The lowest BCUT2D eigenvalue weighted by atomic mass is 10.1. The number of nitrogens with zero attached hydrogens (tertiary/aromatic N) is 1. The van der Waals surface area contributed by atoms with Crippen molar-refractivity contribution in [1.82, 2.24) is 4.72 Å². The minimum Gasteiger partial charge on any atom is -0.264 e. The van der Waals surface area contributed by atoms with Crippen LogP contribution in [0.1, 0.15) is 5.56 Å². The van der Waals surface area contributed by atoms with E-state index in [1.807, 2.05) is 0 Å². The van der Waals surface area contributed by atoms with Crippen molar-refractivity contribution in [3.05, 3.63) is 32.8 Å². The summed E-state index contributed by atoms with van der Waals surface area (Å²) >= 11 is 5.69. The third-order valence-corrected chi connectivity index (χ3v) is 3.27. The van der Waals surface area contributed by atoms with E-state index in [2.05, 4.69) is 9.44 Å². The molecule has 1 aromatic rings. The first-order valence-electron chi connectivity index (χ1n) is 4.13. The molecule has 1 aromatic carbocycles. The maximum atomic E-state index is 11.2. The van der Waals surface area contributed by atoms with Crippen LogP contribution in [0.15, 0.2) is 12.1 Å². The second-order valence-electron chi connectivity index (χ2n) is 3.14. The predicted octanol–water partition coefficient (Wildman–Crippen LogP) is 1.01. The summed E-state index contributed by atoms with van der Waals surface area (Å²) in [5.74, 6) is 0. The smallest absolute Gasteiger partial charge is 0.264 e. The molecule has 1 aliphatic heterocycles. The van der Waals surface area contributed by atoms with E-state index in [0.29, 0.717) is 5.56 Å². The number of halogens is 1. The highest BCUT2D eigenvalue weighted by molar-refractivity contribution is 7.90. The number of anilines is 1. The minimum atomic E-state index is -3.71. The van der Waals surface area contributed by atoms with Crippen molar-refractivity contribution in [2.75, 3.05) is 4.72 Å². The second kappa shape index (κ2) is 3.58. The summed E-state index contributed by atoms with van der Waals surface area (Å²) in [6.07, 6.45) is 0. The summed E-state index contributed by atoms with van der Waals surface area (Å²) in [5.41, 5.74) is 0.0507. The lowest BCUT2D eigenvalue weighted by molar-refractivity contribution is -0.383. The maximum absolute atomic E-state index is 11.2. The van der Waals surface area contributed by atoms with E-state index in [0.717, 1.165) is 6.07 Å². The van der Waals surface area contributed by atoms with Crippen LogP contribution in [0, 0.1) is 10.1 Å². The maximum Gasteiger partial charge on any atom is 0.299 e. The molecule has 0 spiro atoms. The standard InChI is InChI=1S/C7H6ClN3O4S/c8-5-1-4-3-9-16(14,15)10-7(4)6(2-5)11(12)13/h1-2,9-10H,3H2. The zero-order valence-electron chi connectivity index (χ0n) is 7.73. The molecule has 16 heavy (non-hydrogen) atoms. The molecule has 0 aliphatic carbocycles. The monoisotopic (exact) mass is 263 g/mol. The molecule has 1 heterocycles. The lowest BCUT2D eigenvalue weighted by Gasteiger charge is -2.18. The summed E-state index contributed by atoms with van der Waals surface area (Å²) in [7, 11) is -3.71. The third-order valence-electron chi connectivity index (χ3n) is 2.05. The molecule has 2 N–H and O–H groups in total. The van der Waals surface area contributed by atoms with Crippen molar-refractivity contribution in [3.63, 3.8) is 0 Å². The predicted molar refractivity (Wildman–Crippen MR) is 57.5 cm³/mol. The van der Waals surface area contributed by atoms with Gasteiger partial charge in [0.2, 0.25) is 0 Å². The number of rotatable bonds is 1. The van der Waals surface area contributed by atoms with E-state index < -0.39 is 15.1 Å². The average Bonchev–Trinajstić information content (AvgIpc) is 2.16. The number of nitro groups is 1. The molecular weight excluding hydrogens is 258 g/mol. The molecule has 0 unspecified atom stereocenters. The summed E-state index contributed by atoms with van der Waals surface area (Å²) in [6.45, 7) is -0.0218. The molecule has 7 nitrogen and oxygen atoms in total. The summed E-state index contributed by atoms with van der Waals surface area (Å²) in [4.78, 5) is 10.0. The largest absolute Gasteiger partial charge is 0.299 e. The van der Waals surface area contributed by atoms with E-state index >= 15 is 0 Å². The minimum absolute atomic E-state index is 0.0218. The first kappa shape index (κ1) is 11.1. The fourth-order valence-electron chi connectivity index (χ4n) is 1.39. The fraction of sp³-hybridized carbons (Fsp3) is 0.143.